The summed E-state index contributed by atoms with van der Waals surface area (Å²) < 4.78 is 5.83. The van der Waals surface area contributed by atoms with Gasteiger partial charge in [-0.05, 0) is 63.5 Å². The molecule has 0 aromatic heterocycles. The van der Waals surface area contributed by atoms with Crippen LogP contribution in [0.15, 0.2) is 0 Å². The van der Waals surface area contributed by atoms with Crippen molar-refractivity contribution >= 4 is 5.97 Å². The average molecular weight is 281 g/mol. The molecule has 1 aliphatic carbocycles. The highest BCUT2D eigenvalue weighted by Crippen LogP contribution is 2.31. The van der Waals surface area contributed by atoms with Crippen molar-refractivity contribution in [3.8, 4) is 0 Å². The van der Waals surface area contributed by atoms with E-state index in [0.717, 1.165) is 19.5 Å². The molecular weight excluding hydrogens is 250 g/mol. The molecule has 0 aromatic rings. The molecule has 20 heavy (non-hydrogen) atoms. The first-order chi connectivity index (χ1) is 9.65. The van der Waals surface area contributed by atoms with Crippen molar-refractivity contribution in [2.45, 2.75) is 71.3 Å². The molecule has 0 radical (unpaired) electrons. The number of esters is 1. The van der Waals surface area contributed by atoms with Crippen molar-refractivity contribution in [2.75, 3.05) is 19.6 Å². The fourth-order valence-corrected chi connectivity index (χ4v) is 3.71. The van der Waals surface area contributed by atoms with Crippen molar-refractivity contribution in [3.05, 3.63) is 0 Å². The maximum atomic E-state index is 12.1. The van der Waals surface area contributed by atoms with E-state index in [2.05, 4.69) is 18.7 Å². The molecule has 0 aromatic carbocycles. The number of carbonyl (C=O) groups excluding carboxylic acids is 1. The normalized spacial score (nSPS) is 28.6. The minimum atomic E-state index is 0.00700. The van der Waals surface area contributed by atoms with Gasteiger partial charge in [0.15, 0.2) is 0 Å². The molecule has 2 fully saturated rings. The lowest BCUT2D eigenvalue weighted by Crippen LogP contribution is -2.38. The number of rotatable bonds is 5. The predicted molar refractivity (Wildman–Crippen MR) is 81.6 cm³/mol. The van der Waals surface area contributed by atoms with Gasteiger partial charge in [-0.1, -0.05) is 26.7 Å². The van der Waals surface area contributed by atoms with Gasteiger partial charge >= 0.3 is 5.97 Å². The maximum Gasteiger partial charge on any atom is 0.320 e. The Morgan fingerprint density at radius 1 is 1.10 bits per heavy atom. The van der Waals surface area contributed by atoms with Gasteiger partial charge in [0.1, 0.15) is 6.10 Å². The van der Waals surface area contributed by atoms with Gasteiger partial charge in [0.05, 0.1) is 6.54 Å². The largest absolute Gasteiger partial charge is 0.461 e. The van der Waals surface area contributed by atoms with Crippen LogP contribution in [0.2, 0.25) is 0 Å². The second kappa shape index (κ2) is 8.02. The van der Waals surface area contributed by atoms with Crippen molar-refractivity contribution in [2.24, 2.45) is 11.8 Å². The Hall–Kier alpha value is -0.570. The zero-order valence-corrected chi connectivity index (χ0v) is 13.3. The van der Waals surface area contributed by atoms with Crippen molar-refractivity contribution in [1.29, 1.82) is 0 Å². The van der Waals surface area contributed by atoms with E-state index in [0.29, 0.717) is 18.4 Å². The number of hydrogen-bond acceptors (Lipinski definition) is 3. The molecule has 1 aliphatic heterocycles. The number of nitrogens with zero attached hydrogens (tertiary/aromatic N) is 1. The van der Waals surface area contributed by atoms with Gasteiger partial charge in [0.25, 0.3) is 0 Å². The van der Waals surface area contributed by atoms with Gasteiger partial charge in [-0.2, -0.15) is 0 Å². The lowest BCUT2D eigenvalue weighted by atomic mass is 9.81. The summed E-state index contributed by atoms with van der Waals surface area (Å²) in [5.41, 5.74) is 0. The van der Waals surface area contributed by atoms with E-state index < -0.39 is 0 Å². The zero-order chi connectivity index (χ0) is 14.4. The minimum Gasteiger partial charge on any atom is -0.461 e. The molecule has 1 saturated heterocycles. The molecule has 1 heterocycles. The smallest absolute Gasteiger partial charge is 0.320 e. The van der Waals surface area contributed by atoms with Crippen LogP contribution in [0.4, 0.5) is 0 Å². The molecule has 0 unspecified atom stereocenters. The van der Waals surface area contributed by atoms with E-state index in [9.17, 15) is 4.79 Å². The summed E-state index contributed by atoms with van der Waals surface area (Å²) in [7, 11) is 0. The second-order valence-corrected chi connectivity index (χ2v) is 7.04. The third kappa shape index (κ3) is 5.08. The lowest BCUT2D eigenvalue weighted by Gasteiger charge is -2.33. The number of piperidine rings is 1. The molecule has 2 rings (SSSR count). The summed E-state index contributed by atoms with van der Waals surface area (Å²) in [4.78, 5) is 14.4. The first-order valence-corrected chi connectivity index (χ1v) is 8.57. The van der Waals surface area contributed by atoms with Crippen LogP contribution in [0.1, 0.15) is 65.2 Å². The van der Waals surface area contributed by atoms with Gasteiger partial charge in [-0.25, -0.2) is 0 Å². The van der Waals surface area contributed by atoms with E-state index in [1.54, 1.807) is 0 Å². The number of hydrogen-bond donors (Lipinski definition) is 0. The number of likely N-dealkylation sites (tertiary alicyclic amines) is 1. The molecule has 116 valence electrons. The molecule has 0 N–H and O–H groups in total. The molecule has 3 nitrogen and oxygen atoms in total. The second-order valence-electron chi connectivity index (χ2n) is 7.04. The van der Waals surface area contributed by atoms with Crippen LogP contribution < -0.4 is 0 Å². The van der Waals surface area contributed by atoms with E-state index in [1.165, 1.54) is 44.9 Å². The predicted octanol–water partition coefficient (Wildman–Crippen LogP) is 3.62. The number of ether oxygens (including phenoxy) is 1. The quantitative estimate of drug-likeness (QED) is 0.721. The Bertz CT molecular complexity index is 297. The molecule has 0 bridgehead atoms. The Kier molecular flexibility index (Phi) is 6.34. The summed E-state index contributed by atoms with van der Waals surface area (Å²) in [5.74, 6) is 1.29. The van der Waals surface area contributed by atoms with Crippen LogP contribution in [0.5, 0.6) is 0 Å². The summed E-state index contributed by atoms with van der Waals surface area (Å²) in [6.07, 6.45) is 9.98. The standard InChI is InChI=1S/C17H31NO2/c1-14(2)12-15-8-4-5-9-16(15)20-17(19)13-18-10-6-3-7-11-18/h14-16H,3-13H2,1-2H3/t15-,16+/m1/s1. The van der Waals surface area contributed by atoms with Crippen LogP contribution in [-0.4, -0.2) is 36.6 Å². The first-order valence-electron chi connectivity index (χ1n) is 8.57. The van der Waals surface area contributed by atoms with Crippen LogP contribution in [0, 0.1) is 11.8 Å². The monoisotopic (exact) mass is 281 g/mol. The summed E-state index contributed by atoms with van der Waals surface area (Å²) in [6, 6.07) is 0. The van der Waals surface area contributed by atoms with Gasteiger partial charge in [0, 0.05) is 0 Å². The Balaban J connectivity index is 1.78. The minimum absolute atomic E-state index is 0.00700. The lowest BCUT2D eigenvalue weighted by molar-refractivity contribution is -0.155. The molecule has 0 spiro atoms. The Labute approximate surface area is 124 Å². The zero-order valence-electron chi connectivity index (χ0n) is 13.3. The van der Waals surface area contributed by atoms with E-state index in [-0.39, 0.29) is 12.1 Å². The topological polar surface area (TPSA) is 29.5 Å². The van der Waals surface area contributed by atoms with Crippen LogP contribution >= 0.6 is 0 Å². The molecule has 0 amide bonds. The van der Waals surface area contributed by atoms with Crippen molar-refractivity contribution in [1.82, 2.24) is 4.90 Å². The maximum absolute atomic E-state index is 12.1. The summed E-state index contributed by atoms with van der Waals surface area (Å²) >= 11 is 0. The Morgan fingerprint density at radius 2 is 1.80 bits per heavy atom. The van der Waals surface area contributed by atoms with Gasteiger partial charge in [0.2, 0.25) is 0 Å². The third-order valence-electron chi connectivity index (χ3n) is 4.70. The van der Waals surface area contributed by atoms with E-state index >= 15 is 0 Å². The SMILES string of the molecule is CC(C)C[C@H]1CCCC[C@@H]1OC(=O)CN1CCCCC1. The fourth-order valence-electron chi connectivity index (χ4n) is 3.71. The summed E-state index contributed by atoms with van der Waals surface area (Å²) in [5, 5.41) is 0. The highest BCUT2D eigenvalue weighted by molar-refractivity contribution is 5.71. The Morgan fingerprint density at radius 3 is 2.50 bits per heavy atom. The van der Waals surface area contributed by atoms with E-state index in [1.807, 2.05) is 0 Å². The highest BCUT2D eigenvalue weighted by atomic mass is 16.5. The van der Waals surface area contributed by atoms with E-state index in [4.69, 9.17) is 4.74 Å². The highest BCUT2D eigenvalue weighted by Gasteiger charge is 2.29. The van der Waals surface area contributed by atoms with Crippen LogP contribution in [0.25, 0.3) is 0 Å². The van der Waals surface area contributed by atoms with Gasteiger partial charge in [-0.3, -0.25) is 9.69 Å². The van der Waals surface area contributed by atoms with Crippen molar-refractivity contribution < 1.29 is 9.53 Å². The summed E-state index contributed by atoms with van der Waals surface area (Å²) in [6.45, 7) is 7.16. The molecule has 3 heteroatoms. The third-order valence-corrected chi connectivity index (χ3v) is 4.70. The number of carbonyl (C=O) groups is 1. The van der Waals surface area contributed by atoms with Gasteiger partial charge in [-0.15, -0.1) is 0 Å². The molecule has 1 saturated carbocycles. The first kappa shape index (κ1) is 15.8. The fraction of sp³-hybridized carbons (Fsp3) is 0.941. The van der Waals surface area contributed by atoms with Crippen LogP contribution in [-0.2, 0) is 9.53 Å². The molecule has 2 aliphatic rings. The molecular formula is C17H31NO2. The van der Waals surface area contributed by atoms with Crippen LogP contribution in [0.3, 0.4) is 0 Å². The van der Waals surface area contributed by atoms with Crippen molar-refractivity contribution in [3.63, 3.8) is 0 Å². The van der Waals surface area contributed by atoms with Gasteiger partial charge < -0.3 is 4.74 Å². The average Bonchev–Trinajstić information content (AvgIpc) is 2.41. The molecule has 2 atom stereocenters.